The molecule has 0 spiro atoms. The summed E-state index contributed by atoms with van der Waals surface area (Å²) in [5.41, 5.74) is -0.177. The van der Waals surface area contributed by atoms with Crippen LogP contribution >= 0.6 is 0 Å². The Labute approximate surface area is 166 Å². The van der Waals surface area contributed by atoms with Gasteiger partial charge in [0, 0.05) is 44.1 Å². The van der Waals surface area contributed by atoms with E-state index in [1.807, 2.05) is 0 Å². The molecule has 3 heterocycles. The van der Waals surface area contributed by atoms with Crippen LogP contribution in [0.25, 0.3) is 0 Å². The minimum atomic E-state index is -4.35. The van der Waals surface area contributed by atoms with Crippen molar-refractivity contribution in [1.29, 1.82) is 0 Å². The molecule has 3 saturated heterocycles. The molecule has 2 atom stereocenters. The normalized spacial score (nSPS) is 25.0. The zero-order valence-corrected chi connectivity index (χ0v) is 15.7. The van der Waals surface area contributed by atoms with E-state index < -0.39 is 11.7 Å². The standard InChI is InChI=1S/C21H21F3N2O3/c22-21(23,24)17-5-3-14(4-6-17)1-2-15-10-26(11-15)20(28)25-8-7-19-16(12-25)9-18(27)13-29-19/h3-6,15-16,19H,7-13H2/t16-,19+/m1/s1. The molecule has 0 aromatic heterocycles. The van der Waals surface area contributed by atoms with Crippen LogP contribution in [0, 0.1) is 23.7 Å². The van der Waals surface area contributed by atoms with Crippen LogP contribution in [0.2, 0.25) is 0 Å². The molecule has 4 rings (SSSR count). The van der Waals surface area contributed by atoms with Crippen molar-refractivity contribution in [2.75, 3.05) is 32.8 Å². The molecular weight excluding hydrogens is 385 g/mol. The van der Waals surface area contributed by atoms with E-state index >= 15 is 0 Å². The van der Waals surface area contributed by atoms with Gasteiger partial charge in [-0.05, 0) is 30.7 Å². The fraction of sp³-hybridized carbons (Fsp3) is 0.524. The second-order valence-electron chi connectivity index (χ2n) is 7.82. The van der Waals surface area contributed by atoms with Gasteiger partial charge in [0.1, 0.15) is 6.61 Å². The molecule has 1 aromatic carbocycles. The van der Waals surface area contributed by atoms with Crippen molar-refractivity contribution in [1.82, 2.24) is 9.80 Å². The first-order valence-corrected chi connectivity index (χ1v) is 9.65. The number of amides is 2. The Morgan fingerprint density at radius 2 is 1.83 bits per heavy atom. The molecule has 0 radical (unpaired) electrons. The van der Waals surface area contributed by atoms with Gasteiger partial charge in [-0.2, -0.15) is 13.2 Å². The number of nitrogens with zero attached hydrogens (tertiary/aromatic N) is 2. The van der Waals surface area contributed by atoms with Gasteiger partial charge in [-0.3, -0.25) is 4.79 Å². The summed E-state index contributed by atoms with van der Waals surface area (Å²) in [7, 11) is 0. The highest BCUT2D eigenvalue weighted by Crippen LogP contribution is 2.30. The Balaban J connectivity index is 1.27. The summed E-state index contributed by atoms with van der Waals surface area (Å²) >= 11 is 0. The van der Waals surface area contributed by atoms with Crippen molar-refractivity contribution in [2.24, 2.45) is 11.8 Å². The van der Waals surface area contributed by atoms with Gasteiger partial charge in [0.2, 0.25) is 0 Å². The van der Waals surface area contributed by atoms with E-state index in [9.17, 15) is 22.8 Å². The molecule has 0 aliphatic carbocycles. The summed E-state index contributed by atoms with van der Waals surface area (Å²) in [6.45, 7) is 2.35. The SMILES string of the molecule is O=C1CO[C@H]2CCN(C(=O)N3CC(C#Cc4ccc(C(F)(F)F)cc4)C3)C[C@H]2C1. The lowest BCUT2D eigenvalue weighted by atomic mass is 9.88. The number of hydrogen-bond donors (Lipinski definition) is 0. The number of Topliss-reactive ketones (excluding diaryl/α,β-unsaturated/α-hetero) is 1. The first-order valence-electron chi connectivity index (χ1n) is 9.65. The number of piperidine rings is 1. The molecule has 154 valence electrons. The minimum absolute atomic E-state index is 0.0124. The highest BCUT2D eigenvalue weighted by atomic mass is 19.4. The quantitative estimate of drug-likeness (QED) is 0.623. The van der Waals surface area contributed by atoms with Crippen LogP contribution in [0.15, 0.2) is 24.3 Å². The Morgan fingerprint density at radius 1 is 1.10 bits per heavy atom. The van der Waals surface area contributed by atoms with Crippen molar-refractivity contribution >= 4 is 11.8 Å². The van der Waals surface area contributed by atoms with Crippen molar-refractivity contribution in [3.8, 4) is 11.8 Å². The number of hydrogen-bond acceptors (Lipinski definition) is 3. The topological polar surface area (TPSA) is 49.9 Å². The third-order valence-corrected chi connectivity index (χ3v) is 5.67. The lowest BCUT2D eigenvalue weighted by Gasteiger charge is -2.45. The highest BCUT2D eigenvalue weighted by molar-refractivity contribution is 5.81. The van der Waals surface area contributed by atoms with Gasteiger partial charge in [-0.25, -0.2) is 4.79 Å². The van der Waals surface area contributed by atoms with Crippen LogP contribution in [-0.2, 0) is 15.7 Å². The van der Waals surface area contributed by atoms with E-state index in [1.165, 1.54) is 12.1 Å². The number of rotatable bonds is 0. The Hall–Kier alpha value is -2.53. The Bertz CT molecular complexity index is 851. The van der Waals surface area contributed by atoms with Gasteiger partial charge in [-0.15, -0.1) is 0 Å². The number of ether oxygens (including phenoxy) is 1. The number of benzene rings is 1. The van der Waals surface area contributed by atoms with Gasteiger partial charge in [-0.1, -0.05) is 11.8 Å². The second-order valence-corrected chi connectivity index (χ2v) is 7.82. The predicted octanol–water partition coefficient (Wildman–Crippen LogP) is 2.79. The molecule has 1 aromatic rings. The Kier molecular flexibility index (Phi) is 5.26. The van der Waals surface area contributed by atoms with Crippen molar-refractivity contribution in [3.63, 3.8) is 0 Å². The average Bonchev–Trinajstić information content (AvgIpc) is 2.65. The third kappa shape index (κ3) is 4.40. The van der Waals surface area contributed by atoms with E-state index in [4.69, 9.17) is 4.74 Å². The minimum Gasteiger partial charge on any atom is -0.370 e. The van der Waals surface area contributed by atoms with Gasteiger partial charge in [0.05, 0.1) is 17.6 Å². The van der Waals surface area contributed by atoms with E-state index in [-0.39, 0.29) is 36.4 Å². The molecule has 0 bridgehead atoms. The zero-order chi connectivity index (χ0) is 20.6. The molecule has 8 heteroatoms. The summed E-state index contributed by atoms with van der Waals surface area (Å²) in [6.07, 6.45) is -3.08. The summed E-state index contributed by atoms with van der Waals surface area (Å²) < 4.78 is 43.3. The van der Waals surface area contributed by atoms with E-state index in [2.05, 4.69) is 11.8 Å². The molecule has 0 N–H and O–H groups in total. The van der Waals surface area contributed by atoms with E-state index in [1.54, 1.807) is 9.80 Å². The first-order chi connectivity index (χ1) is 13.8. The van der Waals surface area contributed by atoms with Crippen LogP contribution in [-0.4, -0.2) is 60.5 Å². The van der Waals surface area contributed by atoms with Crippen molar-refractivity contribution < 1.29 is 27.5 Å². The third-order valence-electron chi connectivity index (χ3n) is 5.67. The number of halogens is 3. The van der Waals surface area contributed by atoms with Crippen LogP contribution in [0.1, 0.15) is 24.0 Å². The molecule has 5 nitrogen and oxygen atoms in total. The molecule has 3 fully saturated rings. The summed E-state index contributed by atoms with van der Waals surface area (Å²) in [6, 6.07) is 4.70. The molecule has 29 heavy (non-hydrogen) atoms. The van der Waals surface area contributed by atoms with Gasteiger partial charge in [0.25, 0.3) is 0 Å². The largest absolute Gasteiger partial charge is 0.416 e. The number of alkyl halides is 3. The van der Waals surface area contributed by atoms with Crippen molar-refractivity contribution in [2.45, 2.75) is 25.1 Å². The second kappa shape index (κ2) is 7.71. The van der Waals surface area contributed by atoms with Crippen LogP contribution in [0.5, 0.6) is 0 Å². The Morgan fingerprint density at radius 3 is 2.52 bits per heavy atom. The number of fused-ring (bicyclic) bond motifs is 1. The zero-order valence-electron chi connectivity index (χ0n) is 15.7. The number of carbonyl (C=O) groups is 2. The van der Waals surface area contributed by atoms with E-state index in [0.717, 1.165) is 18.6 Å². The summed E-state index contributed by atoms with van der Waals surface area (Å²) in [4.78, 5) is 27.7. The lowest BCUT2D eigenvalue weighted by molar-refractivity contribution is -0.140. The molecule has 0 saturated carbocycles. The maximum atomic E-state index is 12.7. The van der Waals surface area contributed by atoms with Crippen LogP contribution in [0.3, 0.4) is 0 Å². The average molecular weight is 406 g/mol. The monoisotopic (exact) mass is 406 g/mol. The van der Waals surface area contributed by atoms with Gasteiger partial charge >= 0.3 is 12.2 Å². The van der Waals surface area contributed by atoms with Gasteiger partial charge in [0.15, 0.2) is 5.78 Å². The molecule has 0 unspecified atom stereocenters. The maximum absolute atomic E-state index is 12.7. The number of ketones is 1. The fourth-order valence-electron chi connectivity index (χ4n) is 4.01. The first kappa shape index (κ1) is 19.8. The van der Waals surface area contributed by atoms with Crippen molar-refractivity contribution in [3.05, 3.63) is 35.4 Å². The maximum Gasteiger partial charge on any atom is 0.416 e. The van der Waals surface area contributed by atoms with Gasteiger partial charge < -0.3 is 14.5 Å². The summed E-state index contributed by atoms with van der Waals surface area (Å²) in [5, 5.41) is 0. The van der Waals surface area contributed by atoms with Crippen LogP contribution in [0.4, 0.5) is 18.0 Å². The summed E-state index contributed by atoms with van der Waals surface area (Å²) in [5.74, 6) is 6.08. The number of urea groups is 1. The highest BCUT2D eigenvalue weighted by Gasteiger charge is 2.39. The molecule has 3 aliphatic heterocycles. The fourth-order valence-corrected chi connectivity index (χ4v) is 4.01. The molecule has 2 amide bonds. The number of likely N-dealkylation sites (tertiary alicyclic amines) is 2. The number of carbonyl (C=O) groups excluding carboxylic acids is 2. The molecular formula is C21H21F3N2O3. The van der Waals surface area contributed by atoms with Crippen LogP contribution < -0.4 is 0 Å². The lowest BCUT2D eigenvalue weighted by Crippen LogP contribution is -2.58. The molecule has 3 aliphatic rings. The van der Waals surface area contributed by atoms with E-state index in [0.29, 0.717) is 38.2 Å². The predicted molar refractivity (Wildman–Crippen MR) is 97.8 cm³/mol. The smallest absolute Gasteiger partial charge is 0.370 e.